The molecule has 4 nitrogen and oxygen atoms in total. The molecule has 0 amide bonds. The van der Waals surface area contributed by atoms with Crippen molar-refractivity contribution < 1.29 is 4.74 Å². The summed E-state index contributed by atoms with van der Waals surface area (Å²) in [7, 11) is 1.82. The third kappa shape index (κ3) is 1.59. The van der Waals surface area contributed by atoms with Crippen molar-refractivity contribution in [2.24, 2.45) is 7.05 Å². The summed E-state index contributed by atoms with van der Waals surface area (Å²) in [4.78, 5) is 12.3. The van der Waals surface area contributed by atoms with Crippen molar-refractivity contribution in [1.82, 2.24) is 9.13 Å². The fourth-order valence-electron chi connectivity index (χ4n) is 3.47. The number of hydrogen-bond donors (Lipinski definition) is 0. The topological polar surface area (TPSA) is 36.2 Å². The third-order valence-electron chi connectivity index (χ3n) is 4.34. The quantitative estimate of drug-likeness (QED) is 0.716. The average Bonchev–Trinajstić information content (AvgIpc) is 2.79. The molecule has 0 saturated carbocycles. The minimum Gasteiger partial charge on any atom is -0.375 e. The Hall–Kier alpha value is -1.29. The van der Waals surface area contributed by atoms with Crippen LogP contribution >= 0.6 is 0 Å². The summed E-state index contributed by atoms with van der Waals surface area (Å²) in [6.45, 7) is 6.03. The summed E-state index contributed by atoms with van der Waals surface area (Å²) >= 11 is 0. The molecule has 0 N–H and O–H groups in total. The number of nitrogens with zero attached hydrogens (tertiary/aromatic N) is 2. The lowest BCUT2D eigenvalue weighted by Gasteiger charge is -2.28. The number of fused-ring (bicyclic) bond motifs is 2. The maximum absolute atomic E-state index is 12.3. The zero-order chi connectivity index (χ0) is 12.9. The number of rotatable bonds is 1. The Labute approximate surface area is 106 Å². The largest absolute Gasteiger partial charge is 0.375 e. The zero-order valence-electron chi connectivity index (χ0n) is 11.1. The van der Waals surface area contributed by atoms with Gasteiger partial charge in [-0.15, -0.1) is 0 Å². The Morgan fingerprint density at radius 1 is 1.33 bits per heavy atom. The highest BCUT2D eigenvalue weighted by Crippen LogP contribution is 2.37. The van der Waals surface area contributed by atoms with Gasteiger partial charge >= 0.3 is 5.69 Å². The first-order chi connectivity index (χ1) is 8.61. The predicted octanol–water partition coefficient (Wildman–Crippen LogP) is 0.280. The van der Waals surface area contributed by atoms with Crippen molar-refractivity contribution in [3.05, 3.63) is 21.2 Å². The smallest absolute Gasteiger partial charge is 0.329 e. The van der Waals surface area contributed by atoms with Crippen LogP contribution in [0.25, 0.3) is 12.7 Å². The summed E-state index contributed by atoms with van der Waals surface area (Å²) in [6, 6.07) is 0.260. The first-order valence-electron chi connectivity index (χ1n) is 6.69. The van der Waals surface area contributed by atoms with Gasteiger partial charge in [0, 0.05) is 13.1 Å². The Bertz CT molecular complexity index is 613. The highest BCUT2D eigenvalue weighted by molar-refractivity contribution is 5.17. The van der Waals surface area contributed by atoms with Gasteiger partial charge in [-0.1, -0.05) is 12.7 Å². The summed E-state index contributed by atoms with van der Waals surface area (Å²) in [5.41, 5.74) is 0.0550. The summed E-state index contributed by atoms with van der Waals surface area (Å²) < 4.78 is 9.41. The van der Waals surface area contributed by atoms with E-state index in [4.69, 9.17) is 4.74 Å². The van der Waals surface area contributed by atoms with Crippen LogP contribution < -0.4 is 16.4 Å². The number of imidazole rings is 1. The molecule has 3 rings (SSSR count). The molecule has 0 radical (unpaired) electrons. The van der Waals surface area contributed by atoms with Crippen LogP contribution in [-0.4, -0.2) is 21.3 Å². The van der Waals surface area contributed by atoms with E-state index in [9.17, 15) is 4.79 Å². The van der Waals surface area contributed by atoms with E-state index in [0.29, 0.717) is 12.2 Å². The van der Waals surface area contributed by atoms with Crippen LogP contribution in [-0.2, 0) is 11.8 Å². The van der Waals surface area contributed by atoms with Gasteiger partial charge in [-0.2, -0.15) is 0 Å². The Balaban J connectivity index is 2.08. The maximum Gasteiger partial charge on any atom is 0.329 e. The van der Waals surface area contributed by atoms with Crippen LogP contribution in [0.3, 0.4) is 0 Å². The van der Waals surface area contributed by atoms with Crippen LogP contribution in [0.5, 0.6) is 0 Å². The molecule has 1 aromatic rings. The lowest BCUT2D eigenvalue weighted by molar-refractivity contribution is -0.0169. The van der Waals surface area contributed by atoms with Crippen molar-refractivity contribution in [1.29, 1.82) is 0 Å². The minimum absolute atomic E-state index is 0.0550. The first-order valence-corrected chi connectivity index (χ1v) is 6.69. The van der Waals surface area contributed by atoms with Crippen LogP contribution in [0.4, 0.5) is 0 Å². The van der Waals surface area contributed by atoms with E-state index in [1.54, 1.807) is 4.57 Å². The van der Waals surface area contributed by atoms with Gasteiger partial charge in [-0.3, -0.25) is 9.13 Å². The van der Waals surface area contributed by atoms with E-state index in [0.717, 1.165) is 36.4 Å². The van der Waals surface area contributed by atoms with Gasteiger partial charge in [0.1, 0.15) is 0 Å². The van der Waals surface area contributed by atoms with E-state index in [2.05, 4.69) is 6.58 Å². The van der Waals surface area contributed by atoms with Crippen LogP contribution in [0.15, 0.2) is 4.79 Å². The molecule has 1 aromatic heterocycles. The molecule has 0 spiro atoms. The van der Waals surface area contributed by atoms with Gasteiger partial charge in [0.15, 0.2) is 0 Å². The predicted molar refractivity (Wildman–Crippen MR) is 70.8 cm³/mol. The summed E-state index contributed by atoms with van der Waals surface area (Å²) in [5.74, 6) is 0. The van der Waals surface area contributed by atoms with E-state index >= 15 is 0 Å². The molecule has 0 aromatic carbocycles. The van der Waals surface area contributed by atoms with Gasteiger partial charge in [-0.05, 0) is 32.6 Å². The fraction of sp³-hybridized carbons (Fsp3) is 0.643. The van der Waals surface area contributed by atoms with Gasteiger partial charge in [0.2, 0.25) is 0 Å². The molecule has 98 valence electrons. The van der Waals surface area contributed by atoms with E-state index in [-0.39, 0.29) is 11.7 Å². The van der Waals surface area contributed by atoms with Gasteiger partial charge in [0.05, 0.1) is 22.9 Å². The maximum atomic E-state index is 12.3. The summed E-state index contributed by atoms with van der Waals surface area (Å²) in [5, 5.41) is 1.77. The van der Waals surface area contributed by atoms with Crippen molar-refractivity contribution in [3.63, 3.8) is 0 Å². The second-order valence-corrected chi connectivity index (χ2v) is 5.41. The van der Waals surface area contributed by atoms with E-state index in [1.807, 2.05) is 24.6 Å². The van der Waals surface area contributed by atoms with Crippen molar-refractivity contribution in [3.8, 4) is 0 Å². The normalized spacial score (nSPS) is 32.1. The van der Waals surface area contributed by atoms with Crippen LogP contribution in [0, 0.1) is 0 Å². The number of aromatic nitrogens is 2. The van der Waals surface area contributed by atoms with E-state index in [1.165, 1.54) is 0 Å². The fourth-order valence-corrected chi connectivity index (χ4v) is 3.47. The number of ether oxygens (including phenoxy) is 1. The van der Waals surface area contributed by atoms with Gasteiger partial charge in [-0.25, -0.2) is 4.79 Å². The molecule has 2 aliphatic heterocycles. The first kappa shape index (κ1) is 11.8. The summed E-state index contributed by atoms with van der Waals surface area (Å²) in [6.07, 6.45) is 6.82. The molecule has 0 aliphatic carbocycles. The molecule has 2 bridgehead atoms. The highest BCUT2D eigenvalue weighted by atomic mass is 16.5. The second-order valence-electron chi connectivity index (χ2n) is 5.41. The van der Waals surface area contributed by atoms with E-state index < -0.39 is 0 Å². The lowest BCUT2D eigenvalue weighted by atomic mass is 10.0. The minimum atomic E-state index is 0.0550. The molecular formula is C14H20N2O2. The molecule has 2 fully saturated rings. The molecule has 2 aliphatic rings. The Morgan fingerprint density at radius 2 is 1.94 bits per heavy atom. The zero-order valence-corrected chi connectivity index (χ0v) is 11.1. The standard InChI is InChI=1S/C14H20N2O2/c1-4-13-9(2)16(14(17)15(13)3)10-7-11-5-6-12(8-10)18-11/h4,10-12H,2,5-8H2,1,3H3/b13-4+/t10-,11+,12-. The van der Waals surface area contributed by atoms with Gasteiger partial charge < -0.3 is 4.74 Å². The lowest BCUT2D eigenvalue weighted by Crippen LogP contribution is -2.38. The second kappa shape index (κ2) is 4.12. The average molecular weight is 248 g/mol. The third-order valence-corrected chi connectivity index (χ3v) is 4.34. The number of hydrogen-bond acceptors (Lipinski definition) is 2. The molecule has 0 unspecified atom stereocenters. The highest BCUT2D eigenvalue weighted by Gasteiger charge is 2.36. The van der Waals surface area contributed by atoms with Crippen molar-refractivity contribution in [2.75, 3.05) is 0 Å². The monoisotopic (exact) mass is 248 g/mol. The molecule has 3 atom stereocenters. The van der Waals surface area contributed by atoms with Crippen molar-refractivity contribution >= 4 is 12.7 Å². The molecule has 2 saturated heterocycles. The molecular weight excluding hydrogens is 228 g/mol. The van der Waals surface area contributed by atoms with Gasteiger partial charge in [0.25, 0.3) is 0 Å². The Morgan fingerprint density at radius 3 is 2.44 bits per heavy atom. The van der Waals surface area contributed by atoms with Crippen LogP contribution in [0.1, 0.15) is 38.6 Å². The van der Waals surface area contributed by atoms with Crippen LogP contribution in [0.2, 0.25) is 0 Å². The Kier molecular flexibility index (Phi) is 2.70. The molecule has 4 heteroatoms. The molecule has 3 heterocycles. The molecule has 18 heavy (non-hydrogen) atoms. The van der Waals surface area contributed by atoms with Crippen molar-refractivity contribution in [2.45, 2.75) is 50.9 Å². The SMILES string of the molecule is C=c1/c(=C\C)n(C)c(=O)n1[C@H]1C[C@H]2CC[C@@H](C1)O2.